The summed E-state index contributed by atoms with van der Waals surface area (Å²) in [4.78, 5) is 2.66. The van der Waals surface area contributed by atoms with Gasteiger partial charge in [0.1, 0.15) is 0 Å². The van der Waals surface area contributed by atoms with Crippen molar-refractivity contribution in [2.45, 2.75) is 88.0 Å². The van der Waals surface area contributed by atoms with Crippen molar-refractivity contribution >= 4 is 0 Å². The number of hydrogen-bond donors (Lipinski definition) is 1. The highest BCUT2D eigenvalue weighted by molar-refractivity contribution is 5.04. The molecule has 5 rings (SSSR count). The summed E-state index contributed by atoms with van der Waals surface area (Å²) in [6, 6.07) is 0.409. The average Bonchev–Trinajstić information content (AvgIpc) is 2.74. The summed E-state index contributed by atoms with van der Waals surface area (Å²) in [6.07, 6.45) is 14.0. The number of fused-ring (bicyclic) bond motifs is 6. The second kappa shape index (κ2) is 8.89. The highest BCUT2D eigenvalue weighted by Gasteiger charge is 2.47. The normalized spacial score (nSPS) is 46.1. The standard InChI is InChI=1S/C23H40N2O3/c1-2-8-21-20(7-1)18-5-3-6-19(15-18)28-16-22-23(17-26-13-10-24-23)9-4-11-25(22)12-14-27-21/h18-22,24H,1-17H2/t18-,19-,20?,21?,22-,23+/m0/s1. The van der Waals surface area contributed by atoms with Gasteiger partial charge in [-0.1, -0.05) is 19.3 Å². The Morgan fingerprint density at radius 3 is 2.79 bits per heavy atom. The van der Waals surface area contributed by atoms with Crippen LogP contribution in [0, 0.1) is 11.8 Å². The van der Waals surface area contributed by atoms with Gasteiger partial charge >= 0.3 is 0 Å². The minimum Gasteiger partial charge on any atom is -0.378 e. The lowest BCUT2D eigenvalue weighted by atomic mass is 9.71. The molecule has 2 bridgehead atoms. The number of rotatable bonds is 0. The van der Waals surface area contributed by atoms with Gasteiger partial charge in [-0.2, -0.15) is 0 Å². The van der Waals surface area contributed by atoms with Gasteiger partial charge in [0.15, 0.2) is 0 Å². The fourth-order valence-electron chi connectivity index (χ4n) is 7.00. The number of hydrogen-bond acceptors (Lipinski definition) is 5. The van der Waals surface area contributed by atoms with Crippen molar-refractivity contribution in [2.24, 2.45) is 11.8 Å². The quantitative estimate of drug-likeness (QED) is 0.687. The Balaban J connectivity index is 1.35. The summed E-state index contributed by atoms with van der Waals surface area (Å²) in [5.74, 6) is 1.59. The molecule has 3 saturated heterocycles. The molecule has 3 heterocycles. The Kier molecular flexibility index (Phi) is 6.27. The molecule has 160 valence electrons. The van der Waals surface area contributed by atoms with Crippen molar-refractivity contribution in [3.8, 4) is 0 Å². The van der Waals surface area contributed by atoms with E-state index in [2.05, 4.69) is 10.2 Å². The minimum absolute atomic E-state index is 0.0715. The predicted octanol–water partition coefficient (Wildman–Crippen LogP) is 2.97. The van der Waals surface area contributed by atoms with E-state index in [1.807, 2.05) is 0 Å². The second-order valence-corrected chi connectivity index (χ2v) is 10.0. The fourth-order valence-corrected chi connectivity index (χ4v) is 7.00. The van der Waals surface area contributed by atoms with E-state index < -0.39 is 0 Å². The Labute approximate surface area is 170 Å². The van der Waals surface area contributed by atoms with Crippen LogP contribution in [0.2, 0.25) is 0 Å². The number of piperidine rings is 1. The van der Waals surface area contributed by atoms with E-state index in [4.69, 9.17) is 14.2 Å². The summed E-state index contributed by atoms with van der Waals surface area (Å²) in [5, 5.41) is 3.86. The molecular formula is C23H40N2O3. The molecule has 5 nitrogen and oxygen atoms in total. The summed E-state index contributed by atoms with van der Waals surface area (Å²) in [7, 11) is 0. The van der Waals surface area contributed by atoms with Crippen LogP contribution in [0.15, 0.2) is 0 Å². The van der Waals surface area contributed by atoms with Gasteiger partial charge in [0.25, 0.3) is 0 Å². The summed E-state index contributed by atoms with van der Waals surface area (Å²) in [6.45, 7) is 6.57. The summed E-state index contributed by atoms with van der Waals surface area (Å²) >= 11 is 0. The molecule has 0 aromatic carbocycles. The maximum atomic E-state index is 6.68. The lowest BCUT2D eigenvalue weighted by molar-refractivity contribution is -0.117. The molecule has 28 heavy (non-hydrogen) atoms. The number of ether oxygens (including phenoxy) is 3. The van der Waals surface area contributed by atoms with Crippen molar-refractivity contribution in [1.29, 1.82) is 0 Å². The van der Waals surface area contributed by atoms with Gasteiger partial charge < -0.3 is 19.5 Å². The Bertz CT molecular complexity index is 505. The smallest absolute Gasteiger partial charge is 0.0665 e. The molecule has 0 amide bonds. The molecule has 0 aromatic heterocycles. The van der Waals surface area contributed by atoms with E-state index >= 15 is 0 Å². The average molecular weight is 393 g/mol. The van der Waals surface area contributed by atoms with Gasteiger partial charge in [0.05, 0.1) is 50.2 Å². The van der Waals surface area contributed by atoms with Crippen LogP contribution in [0.5, 0.6) is 0 Å². The van der Waals surface area contributed by atoms with Crippen molar-refractivity contribution in [3.05, 3.63) is 0 Å². The van der Waals surface area contributed by atoms with Crippen LogP contribution in [0.4, 0.5) is 0 Å². The topological polar surface area (TPSA) is 43.0 Å². The molecule has 3 aliphatic heterocycles. The van der Waals surface area contributed by atoms with E-state index in [9.17, 15) is 0 Å². The first-order chi connectivity index (χ1) is 13.8. The Morgan fingerprint density at radius 2 is 1.86 bits per heavy atom. The van der Waals surface area contributed by atoms with Crippen LogP contribution in [0.3, 0.4) is 0 Å². The van der Waals surface area contributed by atoms with E-state index in [1.165, 1.54) is 70.8 Å². The van der Waals surface area contributed by atoms with Gasteiger partial charge in [-0.05, 0) is 63.3 Å². The Hall–Kier alpha value is -0.200. The number of nitrogens with zero attached hydrogens (tertiary/aromatic N) is 1. The zero-order chi connectivity index (χ0) is 18.8. The first kappa shape index (κ1) is 19.7. The molecule has 5 heteroatoms. The predicted molar refractivity (Wildman–Crippen MR) is 110 cm³/mol. The van der Waals surface area contributed by atoms with Crippen LogP contribution < -0.4 is 5.32 Å². The molecule has 0 aromatic rings. The van der Waals surface area contributed by atoms with Crippen LogP contribution in [0.1, 0.15) is 64.2 Å². The van der Waals surface area contributed by atoms with Crippen molar-refractivity contribution in [2.75, 3.05) is 46.1 Å². The largest absolute Gasteiger partial charge is 0.378 e. The van der Waals surface area contributed by atoms with Gasteiger partial charge in [-0.15, -0.1) is 0 Å². The van der Waals surface area contributed by atoms with E-state index in [0.717, 1.165) is 51.4 Å². The molecule has 2 saturated carbocycles. The van der Waals surface area contributed by atoms with Crippen molar-refractivity contribution in [1.82, 2.24) is 10.2 Å². The van der Waals surface area contributed by atoms with Crippen molar-refractivity contribution < 1.29 is 14.2 Å². The molecule has 1 spiro atoms. The first-order valence-corrected chi connectivity index (χ1v) is 12.1. The zero-order valence-electron chi connectivity index (χ0n) is 17.6. The molecule has 5 aliphatic rings. The van der Waals surface area contributed by atoms with E-state index in [-0.39, 0.29) is 5.54 Å². The third-order valence-electron chi connectivity index (χ3n) is 8.46. The molecule has 6 atom stereocenters. The third-order valence-corrected chi connectivity index (χ3v) is 8.46. The highest BCUT2D eigenvalue weighted by Crippen LogP contribution is 2.41. The van der Waals surface area contributed by atoms with Gasteiger partial charge in [-0.25, -0.2) is 0 Å². The first-order valence-electron chi connectivity index (χ1n) is 12.1. The Morgan fingerprint density at radius 1 is 0.893 bits per heavy atom. The van der Waals surface area contributed by atoms with Crippen LogP contribution >= 0.6 is 0 Å². The molecule has 2 aliphatic carbocycles. The number of nitrogens with one attached hydrogen (secondary N) is 1. The summed E-state index contributed by atoms with van der Waals surface area (Å²) in [5.41, 5.74) is 0.0715. The lowest BCUT2D eigenvalue weighted by Gasteiger charge is -2.52. The highest BCUT2D eigenvalue weighted by atomic mass is 16.5. The van der Waals surface area contributed by atoms with Gasteiger partial charge in [0, 0.05) is 13.1 Å². The van der Waals surface area contributed by atoms with Crippen LogP contribution in [0.25, 0.3) is 0 Å². The maximum Gasteiger partial charge on any atom is 0.0665 e. The zero-order valence-corrected chi connectivity index (χ0v) is 17.6. The molecule has 0 radical (unpaired) electrons. The fraction of sp³-hybridized carbons (Fsp3) is 1.00. The van der Waals surface area contributed by atoms with E-state index in [1.54, 1.807) is 0 Å². The second-order valence-electron chi connectivity index (χ2n) is 10.0. The van der Waals surface area contributed by atoms with Gasteiger partial charge in [-0.3, -0.25) is 4.90 Å². The van der Waals surface area contributed by atoms with Crippen LogP contribution in [-0.2, 0) is 14.2 Å². The van der Waals surface area contributed by atoms with Gasteiger partial charge in [0.2, 0.25) is 0 Å². The van der Waals surface area contributed by atoms with Crippen LogP contribution in [-0.4, -0.2) is 74.8 Å². The number of morpholine rings is 1. The SMILES string of the molecule is C1CCC2C(C1)OCCN1CCC[C@@]3(COCCN3)[C@@H]1CO[C@H]1CCC[C@H]2C1. The molecule has 1 N–H and O–H groups in total. The minimum atomic E-state index is 0.0715. The van der Waals surface area contributed by atoms with E-state index in [0.29, 0.717) is 18.2 Å². The monoisotopic (exact) mass is 392 g/mol. The maximum absolute atomic E-state index is 6.68. The third kappa shape index (κ3) is 4.02. The lowest BCUT2D eigenvalue weighted by Crippen LogP contribution is -2.70. The van der Waals surface area contributed by atoms with Crippen molar-refractivity contribution in [3.63, 3.8) is 0 Å². The molecule has 2 unspecified atom stereocenters. The molecular weight excluding hydrogens is 352 g/mol. The molecule has 5 fully saturated rings. The summed E-state index contributed by atoms with van der Waals surface area (Å²) < 4.78 is 19.2.